The molecular formula is C20H21ClN2O2. The lowest BCUT2D eigenvalue weighted by Crippen LogP contribution is -2.38. The van der Waals surface area contributed by atoms with Gasteiger partial charge in [-0.3, -0.25) is 9.59 Å². The van der Waals surface area contributed by atoms with Gasteiger partial charge >= 0.3 is 0 Å². The van der Waals surface area contributed by atoms with E-state index in [1.807, 2.05) is 58.3 Å². The lowest BCUT2D eigenvalue weighted by atomic mass is 10.1. The Kier molecular flexibility index (Phi) is 5.71. The van der Waals surface area contributed by atoms with Gasteiger partial charge < -0.3 is 9.80 Å². The summed E-state index contributed by atoms with van der Waals surface area (Å²) >= 11 is 5.98. The first-order chi connectivity index (χ1) is 12.1. The van der Waals surface area contributed by atoms with Gasteiger partial charge in [-0.05, 0) is 36.2 Å². The molecule has 0 aromatic heterocycles. The molecule has 0 saturated carbocycles. The van der Waals surface area contributed by atoms with E-state index in [0.717, 1.165) is 12.0 Å². The van der Waals surface area contributed by atoms with Crippen molar-refractivity contribution in [3.05, 3.63) is 70.7 Å². The number of hydrogen-bond donors (Lipinski definition) is 0. The van der Waals surface area contributed by atoms with Crippen molar-refractivity contribution in [3.8, 4) is 0 Å². The summed E-state index contributed by atoms with van der Waals surface area (Å²) in [6, 6.07) is 16.7. The molecule has 4 nitrogen and oxygen atoms in total. The zero-order valence-electron chi connectivity index (χ0n) is 14.0. The predicted molar refractivity (Wildman–Crippen MR) is 98.7 cm³/mol. The number of nitrogens with zero attached hydrogens (tertiary/aromatic N) is 2. The van der Waals surface area contributed by atoms with E-state index in [1.165, 1.54) is 0 Å². The Bertz CT molecular complexity index is 748. The number of carbonyl (C=O) groups is 2. The van der Waals surface area contributed by atoms with Gasteiger partial charge in [0.05, 0.1) is 6.42 Å². The molecule has 2 aromatic rings. The topological polar surface area (TPSA) is 40.6 Å². The first kappa shape index (κ1) is 17.5. The van der Waals surface area contributed by atoms with Crippen molar-refractivity contribution >= 4 is 23.4 Å². The van der Waals surface area contributed by atoms with Crippen LogP contribution in [0.4, 0.5) is 0 Å². The Hall–Kier alpha value is -2.33. The second-order valence-electron chi connectivity index (χ2n) is 6.20. The Balaban J connectivity index is 1.59. The average Bonchev–Trinajstić information content (AvgIpc) is 2.88. The number of hydrogen-bond acceptors (Lipinski definition) is 2. The standard InChI is InChI=1S/C20H21ClN2O2/c21-18-9-4-6-16(14-18)15-19(24)22-10-5-11-23(13-12-22)20(25)17-7-2-1-3-8-17/h1-4,6-9,14H,5,10-13,15H2. The van der Waals surface area contributed by atoms with Gasteiger partial charge in [0, 0.05) is 36.8 Å². The molecule has 0 aliphatic carbocycles. The van der Waals surface area contributed by atoms with Crippen LogP contribution >= 0.6 is 11.6 Å². The summed E-state index contributed by atoms with van der Waals surface area (Å²) in [6.07, 6.45) is 1.13. The Labute approximate surface area is 153 Å². The van der Waals surface area contributed by atoms with E-state index in [9.17, 15) is 9.59 Å². The Morgan fingerprint density at radius 1 is 0.880 bits per heavy atom. The molecule has 1 aliphatic heterocycles. The molecule has 2 amide bonds. The van der Waals surface area contributed by atoms with Crippen molar-refractivity contribution in [1.82, 2.24) is 9.80 Å². The molecule has 1 heterocycles. The fourth-order valence-corrected chi connectivity index (χ4v) is 3.28. The number of halogens is 1. The highest BCUT2D eigenvalue weighted by Gasteiger charge is 2.22. The van der Waals surface area contributed by atoms with Gasteiger partial charge in [-0.2, -0.15) is 0 Å². The summed E-state index contributed by atoms with van der Waals surface area (Å²) in [6.45, 7) is 2.49. The van der Waals surface area contributed by atoms with Gasteiger partial charge in [0.1, 0.15) is 0 Å². The van der Waals surface area contributed by atoms with Gasteiger partial charge in [-0.25, -0.2) is 0 Å². The zero-order chi connectivity index (χ0) is 17.6. The van der Waals surface area contributed by atoms with E-state index in [1.54, 1.807) is 6.07 Å². The van der Waals surface area contributed by atoms with Gasteiger partial charge in [0.2, 0.25) is 5.91 Å². The highest BCUT2D eigenvalue weighted by Crippen LogP contribution is 2.14. The van der Waals surface area contributed by atoms with Crippen molar-refractivity contribution in [1.29, 1.82) is 0 Å². The fraction of sp³-hybridized carbons (Fsp3) is 0.300. The summed E-state index contributed by atoms with van der Waals surface area (Å²) in [4.78, 5) is 28.8. The lowest BCUT2D eigenvalue weighted by Gasteiger charge is -2.22. The van der Waals surface area contributed by atoms with Crippen molar-refractivity contribution < 1.29 is 9.59 Å². The molecule has 0 spiro atoms. The van der Waals surface area contributed by atoms with E-state index in [-0.39, 0.29) is 11.8 Å². The van der Waals surface area contributed by atoms with Crippen LogP contribution in [0, 0.1) is 0 Å². The maximum Gasteiger partial charge on any atom is 0.253 e. The second-order valence-corrected chi connectivity index (χ2v) is 6.64. The number of rotatable bonds is 3. The Morgan fingerprint density at radius 3 is 2.36 bits per heavy atom. The zero-order valence-corrected chi connectivity index (χ0v) is 14.8. The molecule has 25 heavy (non-hydrogen) atoms. The fourth-order valence-electron chi connectivity index (χ4n) is 3.07. The van der Waals surface area contributed by atoms with E-state index in [0.29, 0.717) is 43.2 Å². The van der Waals surface area contributed by atoms with Gasteiger partial charge in [-0.15, -0.1) is 0 Å². The SMILES string of the molecule is O=C(Cc1cccc(Cl)c1)N1CCCN(C(=O)c2ccccc2)CC1. The highest BCUT2D eigenvalue weighted by molar-refractivity contribution is 6.30. The van der Waals surface area contributed by atoms with Crippen molar-refractivity contribution in [3.63, 3.8) is 0 Å². The molecule has 0 radical (unpaired) electrons. The van der Waals surface area contributed by atoms with Crippen LogP contribution in [0.3, 0.4) is 0 Å². The van der Waals surface area contributed by atoms with Crippen LogP contribution in [0.25, 0.3) is 0 Å². The Morgan fingerprint density at radius 2 is 1.60 bits per heavy atom. The van der Waals surface area contributed by atoms with Crippen molar-refractivity contribution in [2.45, 2.75) is 12.8 Å². The quantitative estimate of drug-likeness (QED) is 0.847. The molecule has 3 rings (SSSR count). The normalized spacial score (nSPS) is 14.9. The third kappa shape index (κ3) is 4.60. The number of carbonyl (C=O) groups excluding carboxylic acids is 2. The molecule has 5 heteroatoms. The average molecular weight is 357 g/mol. The minimum Gasteiger partial charge on any atom is -0.341 e. The molecule has 1 fully saturated rings. The highest BCUT2D eigenvalue weighted by atomic mass is 35.5. The summed E-state index contributed by atoms with van der Waals surface area (Å²) in [5, 5.41) is 0.640. The molecular weight excluding hydrogens is 336 g/mol. The van der Waals surface area contributed by atoms with E-state index in [2.05, 4.69) is 0 Å². The predicted octanol–water partition coefficient (Wildman–Crippen LogP) is 3.26. The molecule has 0 N–H and O–H groups in total. The minimum absolute atomic E-state index is 0.0322. The van der Waals surface area contributed by atoms with Crippen LogP contribution in [-0.2, 0) is 11.2 Å². The second kappa shape index (κ2) is 8.17. The third-order valence-corrected chi connectivity index (χ3v) is 4.64. The van der Waals surface area contributed by atoms with Crippen molar-refractivity contribution in [2.24, 2.45) is 0 Å². The molecule has 2 aromatic carbocycles. The van der Waals surface area contributed by atoms with E-state index >= 15 is 0 Å². The summed E-state index contributed by atoms with van der Waals surface area (Å²) in [7, 11) is 0. The largest absolute Gasteiger partial charge is 0.341 e. The minimum atomic E-state index is 0.0322. The van der Waals surface area contributed by atoms with Gasteiger partial charge in [0.25, 0.3) is 5.91 Å². The number of amides is 2. The van der Waals surface area contributed by atoms with Crippen LogP contribution in [0.15, 0.2) is 54.6 Å². The maximum absolute atomic E-state index is 12.6. The van der Waals surface area contributed by atoms with Gasteiger partial charge in [-0.1, -0.05) is 41.9 Å². The molecule has 0 unspecified atom stereocenters. The van der Waals surface area contributed by atoms with Crippen LogP contribution in [-0.4, -0.2) is 47.8 Å². The van der Waals surface area contributed by atoms with Crippen LogP contribution < -0.4 is 0 Å². The lowest BCUT2D eigenvalue weighted by molar-refractivity contribution is -0.130. The third-order valence-electron chi connectivity index (χ3n) is 4.40. The summed E-state index contributed by atoms with van der Waals surface area (Å²) < 4.78 is 0. The van der Waals surface area contributed by atoms with Gasteiger partial charge in [0.15, 0.2) is 0 Å². The summed E-state index contributed by atoms with van der Waals surface area (Å²) in [5.41, 5.74) is 1.61. The van der Waals surface area contributed by atoms with E-state index < -0.39 is 0 Å². The molecule has 130 valence electrons. The van der Waals surface area contributed by atoms with Crippen molar-refractivity contribution in [2.75, 3.05) is 26.2 Å². The molecule has 1 aliphatic rings. The first-order valence-corrected chi connectivity index (χ1v) is 8.88. The number of benzene rings is 2. The maximum atomic E-state index is 12.6. The van der Waals surface area contributed by atoms with Crippen LogP contribution in [0.2, 0.25) is 5.02 Å². The van der Waals surface area contributed by atoms with E-state index in [4.69, 9.17) is 11.6 Å². The molecule has 1 saturated heterocycles. The summed E-state index contributed by atoms with van der Waals surface area (Å²) in [5.74, 6) is 0.112. The molecule has 0 atom stereocenters. The smallest absolute Gasteiger partial charge is 0.253 e. The first-order valence-electron chi connectivity index (χ1n) is 8.50. The van der Waals surface area contributed by atoms with Crippen LogP contribution in [0.5, 0.6) is 0 Å². The molecule has 0 bridgehead atoms. The monoisotopic (exact) mass is 356 g/mol. The van der Waals surface area contributed by atoms with Crippen LogP contribution in [0.1, 0.15) is 22.3 Å².